The number of morpholine rings is 1. The van der Waals surface area contributed by atoms with Crippen molar-refractivity contribution < 1.29 is 9.53 Å². The molecule has 1 aliphatic heterocycles. The second-order valence-corrected chi connectivity index (χ2v) is 5.64. The summed E-state index contributed by atoms with van der Waals surface area (Å²) in [6.45, 7) is 3.28. The monoisotopic (exact) mass is 292 g/mol. The zero-order chi connectivity index (χ0) is 15.4. The van der Waals surface area contributed by atoms with E-state index in [0.29, 0.717) is 17.8 Å². The molecule has 6 nitrogen and oxygen atoms in total. The minimum Gasteiger partial charge on any atom is -0.397 e. The number of benzene rings is 1. The van der Waals surface area contributed by atoms with Crippen LogP contribution in [0.4, 0.5) is 11.4 Å². The van der Waals surface area contributed by atoms with Crippen LogP contribution in [-0.4, -0.2) is 69.2 Å². The van der Waals surface area contributed by atoms with Gasteiger partial charge >= 0.3 is 0 Å². The van der Waals surface area contributed by atoms with E-state index in [2.05, 4.69) is 17.3 Å². The minimum absolute atomic E-state index is 0.0355. The van der Waals surface area contributed by atoms with Crippen LogP contribution < -0.4 is 11.1 Å². The standard InChI is InChI=1S/C15H24N4O2/c1-18(2)15(20)11-4-5-13(16)14(8-11)17-9-12-10-19(3)6-7-21-12/h4-5,8,12,17H,6-7,9-10,16H2,1-3H3. The van der Waals surface area contributed by atoms with Crippen molar-refractivity contribution in [3.8, 4) is 0 Å². The third-order valence-corrected chi connectivity index (χ3v) is 3.57. The summed E-state index contributed by atoms with van der Waals surface area (Å²) in [6, 6.07) is 5.30. The highest BCUT2D eigenvalue weighted by Gasteiger charge is 2.18. The summed E-state index contributed by atoms with van der Waals surface area (Å²) in [7, 11) is 5.55. The van der Waals surface area contributed by atoms with E-state index in [9.17, 15) is 4.79 Å². The van der Waals surface area contributed by atoms with Crippen LogP contribution >= 0.6 is 0 Å². The van der Waals surface area contributed by atoms with Gasteiger partial charge in [0.25, 0.3) is 5.91 Å². The first-order chi connectivity index (χ1) is 9.97. The number of nitrogen functional groups attached to an aromatic ring is 1. The molecule has 0 bridgehead atoms. The lowest BCUT2D eigenvalue weighted by molar-refractivity contribution is -0.0117. The number of carbonyl (C=O) groups excluding carboxylic acids is 1. The molecule has 0 aliphatic carbocycles. The van der Waals surface area contributed by atoms with E-state index in [1.54, 1.807) is 37.2 Å². The van der Waals surface area contributed by atoms with Gasteiger partial charge in [-0.3, -0.25) is 4.79 Å². The van der Waals surface area contributed by atoms with Crippen LogP contribution in [0.1, 0.15) is 10.4 Å². The maximum Gasteiger partial charge on any atom is 0.253 e. The van der Waals surface area contributed by atoms with Crippen LogP contribution in [0.2, 0.25) is 0 Å². The van der Waals surface area contributed by atoms with Crippen molar-refractivity contribution in [2.75, 3.05) is 58.4 Å². The molecule has 3 N–H and O–H groups in total. The van der Waals surface area contributed by atoms with Gasteiger partial charge in [-0.15, -0.1) is 0 Å². The Morgan fingerprint density at radius 3 is 2.95 bits per heavy atom. The molecule has 2 rings (SSSR count). The summed E-state index contributed by atoms with van der Waals surface area (Å²) in [5.74, 6) is -0.0355. The van der Waals surface area contributed by atoms with Crippen molar-refractivity contribution in [2.24, 2.45) is 0 Å². The maximum atomic E-state index is 12.0. The van der Waals surface area contributed by atoms with E-state index >= 15 is 0 Å². The molecule has 1 aromatic carbocycles. The molecule has 1 atom stereocenters. The Bertz CT molecular complexity index is 504. The Hall–Kier alpha value is -1.79. The van der Waals surface area contributed by atoms with Crippen molar-refractivity contribution in [3.05, 3.63) is 23.8 Å². The highest BCUT2D eigenvalue weighted by molar-refractivity contribution is 5.95. The minimum atomic E-state index is -0.0355. The third kappa shape index (κ3) is 4.09. The Labute approximate surface area is 125 Å². The molecule has 1 aromatic rings. The van der Waals surface area contributed by atoms with Gasteiger partial charge < -0.3 is 25.6 Å². The number of rotatable bonds is 4. The van der Waals surface area contributed by atoms with E-state index in [-0.39, 0.29) is 12.0 Å². The first-order valence-electron chi connectivity index (χ1n) is 7.12. The lowest BCUT2D eigenvalue weighted by Crippen LogP contribution is -2.43. The zero-order valence-electron chi connectivity index (χ0n) is 12.9. The smallest absolute Gasteiger partial charge is 0.253 e. The van der Waals surface area contributed by atoms with Crippen LogP contribution in [0.25, 0.3) is 0 Å². The summed E-state index contributed by atoms with van der Waals surface area (Å²) in [5.41, 5.74) is 8.00. The average Bonchev–Trinajstić information content (AvgIpc) is 2.45. The normalized spacial score (nSPS) is 19.3. The first kappa shape index (κ1) is 15.6. The van der Waals surface area contributed by atoms with Gasteiger partial charge in [-0.05, 0) is 25.2 Å². The fraction of sp³-hybridized carbons (Fsp3) is 0.533. The van der Waals surface area contributed by atoms with Gasteiger partial charge in [0.1, 0.15) is 0 Å². The van der Waals surface area contributed by atoms with Gasteiger partial charge in [0.15, 0.2) is 0 Å². The van der Waals surface area contributed by atoms with Crippen LogP contribution in [0.15, 0.2) is 18.2 Å². The number of carbonyl (C=O) groups is 1. The molecule has 0 spiro atoms. The van der Waals surface area contributed by atoms with Crippen molar-refractivity contribution in [1.82, 2.24) is 9.80 Å². The van der Waals surface area contributed by atoms with Gasteiger partial charge in [0.05, 0.1) is 24.1 Å². The molecular formula is C15H24N4O2. The number of nitrogens with one attached hydrogen (secondary N) is 1. The fourth-order valence-electron chi connectivity index (χ4n) is 2.31. The second-order valence-electron chi connectivity index (χ2n) is 5.64. The summed E-state index contributed by atoms with van der Waals surface area (Å²) in [4.78, 5) is 15.8. The number of anilines is 2. The second kappa shape index (κ2) is 6.78. The molecular weight excluding hydrogens is 268 g/mol. The van der Waals surface area contributed by atoms with Crippen LogP contribution in [-0.2, 0) is 4.74 Å². The summed E-state index contributed by atoms with van der Waals surface area (Å²) >= 11 is 0. The molecule has 0 radical (unpaired) electrons. The van der Waals surface area contributed by atoms with Crippen LogP contribution in [0.5, 0.6) is 0 Å². The topological polar surface area (TPSA) is 70.8 Å². The highest BCUT2D eigenvalue weighted by atomic mass is 16.5. The van der Waals surface area contributed by atoms with Crippen molar-refractivity contribution in [2.45, 2.75) is 6.10 Å². The molecule has 21 heavy (non-hydrogen) atoms. The molecule has 0 saturated carbocycles. The molecule has 1 heterocycles. The summed E-state index contributed by atoms with van der Waals surface area (Å²) < 4.78 is 5.71. The average molecular weight is 292 g/mol. The molecule has 6 heteroatoms. The van der Waals surface area contributed by atoms with Crippen LogP contribution in [0.3, 0.4) is 0 Å². The predicted molar refractivity (Wildman–Crippen MR) is 84.6 cm³/mol. The fourth-order valence-corrected chi connectivity index (χ4v) is 2.31. The lowest BCUT2D eigenvalue weighted by atomic mass is 10.1. The van der Waals surface area contributed by atoms with Crippen molar-refractivity contribution in [3.63, 3.8) is 0 Å². The van der Waals surface area contributed by atoms with E-state index in [0.717, 1.165) is 25.4 Å². The van der Waals surface area contributed by atoms with Gasteiger partial charge in [-0.2, -0.15) is 0 Å². The number of hydrogen-bond donors (Lipinski definition) is 2. The largest absolute Gasteiger partial charge is 0.397 e. The molecule has 116 valence electrons. The van der Waals surface area contributed by atoms with E-state index < -0.39 is 0 Å². The van der Waals surface area contributed by atoms with Gasteiger partial charge in [-0.25, -0.2) is 0 Å². The highest BCUT2D eigenvalue weighted by Crippen LogP contribution is 2.21. The molecule has 1 saturated heterocycles. The third-order valence-electron chi connectivity index (χ3n) is 3.57. The first-order valence-corrected chi connectivity index (χ1v) is 7.12. The number of likely N-dealkylation sites (N-methyl/N-ethyl adjacent to an activating group) is 1. The number of hydrogen-bond acceptors (Lipinski definition) is 5. The molecule has 1 amide bonds. The van der Waals surface area contributed by atoms with Gasteiger partial charge in [0, 0.05) is 39.3 Å². The van der Waals surface area contributed by atoms with E-state index in [4.69, 9.17) is 10.5 Å². The molecule has 1 aliphatic rings. The maximum absolute atomic E-state index is 12.0. The van der Waals surface area contributed by atoms with Crippen molar-refractivity contribution in [1.29, 1.82) is 0 Å². The zero-order valence-corrected chi connectivity index (χ0v) is 12.9. The Morgan fingerprint density at radius 1 is 1.52 bits per heavy atom. The van der Waals surface area contributed by atoms with E-state index in [1.807, 2.05) is 0 Å². The van der Waals surface area contributed by atoms with Crippen LogP contribution in [0, 0.1) is 0 Å². The molecule has 1 fully saturated rings. The Balaban J connectivity index is 2.02. The van der Waals surface area contributed by atoms with E-state index in [1.165, 1.54) is 0 Å². The number of nitrogens with zero attached hydrogens (tertiary/aromatic N) is 2. The summed E-state index contributed by atoms with van der Waals surface area (Å²) in [5, 5.41) is 3.29. The summed E-state index contributed by atoms with van der Waals surface area (Å²) in [6.07, 6.45) is 0.136. The number of amides is 1. The lowest BCUT2D eigenvalue weighted by Gasteiger charge is -2.30. The van der Waals surface area contributed by atoms with Crippen molar-refractivity contribution >= 4 is 17.3 Å². The Morgan fingerprint density at radius 2 is 2.29 bits per heavy atom. The number of ether oxygens (including phenoxy) is 1. The molecule has 1 unspecified atom stereocenters. The predicted octanol–water partition coefficient (Wildman–Crippen LogP) is 0.713. The molecule has 0 aromatic heterocycles. The van der Waals surface area contributed by atoms with Gasteiger partial charge in [-0.1, -0.05) is 0 Å². The van der Waals surface area contributed by atoms with Gasteiger partial charge in [0.2, 0.25) is 0 Å². The Kier molecular flexibility index (Phi) is 5.03. The quantitative estimate of drug-likeness (QED) is 0.800. The number of nitrogens with two attached hydrogens (primary N) is 1. The SMILES string of the molecule is CN1CCOC(CNc2cc(C(=O)N(C)C)ccc2N)C1.